The Kier molecular flexibility index (Phi) is 4.37. The maximum absolute atomic E-state index is 12.5. The van der Waals surface area contributed by atoms with Gasteiger partial charge in [-0.05, 0) is 24.3 Å². The highest BCUT2D eigenvalue weighted by Crippen LogP contribution is 2.29. The Balaban J connectivity index is 1.70. The number of amides is 2. The van der Waals surface area contributed by atoms with Crippen LogP contribution in [0.4, 0.5) is 4.79 Å². The van der Waals surface area contributed by atoms with Gasteiger partial charge in [0.15, 0.2) is 0 Å². The van der Waals surface area contributed by atoms with Crippen molar-refractivity contribution in [3.8, 4) is 0 Å². The Bertz CT molecular complexity index is 783. The number of sulfonamides is 1. The number of benzene rings is 1. The molecular weight excluding hydrogens is 356 g/mol. The molecule has 0 atom stereocenters. The van der Waals surface area contributed by atoms with E-state index in [4.69, 9.17) is 0 Å². The lowest BCUT2D eigenvalue weighted by Gasteiger charge is -2.41. The summed E-state index contributed by atoms with van der Waals surface area (Å²) in [6.45, 7) is 0.165. The molecule has 0 unspecified atom stereocenters. The number of carbonyl (C=O) groups excluding carboxylic acids is 3. The second-order valence-corrected chi connectivity index (χ2v) is 8.17. The molecule has 1 aromatic rings. The van der Waals surface area contributed by atoms with Crippen LogP contribution in [-0.2, 0) is 19.6 Å². The van der Waals surface area contributed by atoms with E-state index in [9.17, 15) is 22.8 Å². The number of thioether (sulfide) groups is 1. The van der Waals surface area contributed by atoms with Crippen LogP contribution in [0.25, 0.3) is 0 Å². The van der Waals surface area contributed by atoms with Crippen molar-refractivity contribution in [3.05, 3.63) is 29.8 Å². The third-order valence-corrected chi connectivity index (χ3v) is 6.57. The van der Waals surface area contributed by atoms with Crippen molar-refractivity contribution in [2.75, 3.05) is 26.0 Å². The van der Waals surface area contributed by atoms with Gasteiger partial charge in [-0.2, -0.15) is 4.31 Å². The highest BCUT2D eigenvalue weighted by molar-refractivity contribution is 8.14. The molecule has 2 aliphatic rings. The lowest BCUT2D eigenvalue weighted by atomic mass is 10.1. The summed E-state index contributed by atoms with van der Waals surface area (Å²) >= 11 is 0.928. The Morgan fingerprint density at radius 1 is 1.21 bits per heavy atom. The molecule has 2 amide bonds. The third-order valence-electron chi connectivity index (χ3n) is 3.89. The van der Waals surface area contributed by atoms with Crippen molar-refractivity contribution < 1.29 is 27.5 Å². The quantitative estimate of drug-likeness (QED) is 0.713. The van der Waals surface area contributed by atoms with Gasteiger partial charge in [0.2, 0.25) is 15.9 Å². The fraction of sp³-hybridized carbons (Fsp3) is 0.357. The molecule has 2 fully saturated rings. The number of imide groups is 1. The van der Waals surface area contributed by atoms with E-state index in [0.29, 0.717) is 0 Å². The lowest BCUT2D eigenvalue weighted by Crippen LogP contribution is -2.61. The minimum atomic E-state index is -3.72. The SMILES string of the molecule is COC(=O)c1ccc(S(=O)(=O)N2CC(N3C(=O)CSC3=O)C2)cc1. The maximum Gasteiger partial charge on any atom is 0.337 e. The first-order valence-corrected chi connectivity index (χ1v) is 9.44. The standard InChI is InChI=1S/C14H14N2O6S2/c1-22-13(18)9-2-4-11(5-3-9)24(20,21)15-6-10(7-15)16-12(17)8-23-14(16)19/h2-5,10H,6-8H2,1H3. The lowest BCUT2D eigenvalue weighted by molar-refractivity contribution is -0.127. The summed E-state index contributed by atoms with van der Waals surface area (Å²) in [6.07, 6.45) is 0. The van der Waals surface area contributed by atoms with Crippen LogP contribution in [0.3, 0.4) is 0 Å². The van der Waals surface area contributed by atoms with Gasteiger partial charge in [0.25, 0.3) is 5.24 Å². The maximum atomic E-state index is 12.5. The van der Waals surface area contributed by atoms with Gasteiger partial charge >= 0.3 is 5.97 Å². The van der Waals surface area contributed by atoms with Gasteiger partial charge < -0.3 is 4.74 Å². The van der Waals surface area contributed by atoms with E-state index >= 15 is 0 Å². The smallest absolute Gasteiger partial charge is 0.337 e. The molecule has 3 rings (SSSR count). The second-order valence-electron chi connectivity index (χ2n) is 5.31. The monoisotopic (exact) mass is 370 g/mol. The highest BCUT2D eigenvalue weighted by Gasteiger charge is 2.45. The van der Waals surface area contributed by atoms with Crippen LogP contribution in [0.1, 0.15) is 10.4 Å². The summed E-state index contributed by atoms with van der Waals surface area (Å²) in [7, 11) is -2.48. The number of carbonyl (C=O) groups is 3. The largest absolute Gasteiger partial charge is 0.465 e. The van der Waals surface area contributed by atoms with Gasteiger partial charge in [0.05, 0.1) is 29.4 Å². The summed E-state index contributed by atoms with van der Waals surface area (Å²) in [6, 6.07) is 5.00. The summed E-state index contributed by atoms with van der Waals surface area (Å²) in [5.74, 6) is -0.724. The van der Waals surface area contributed by atoms with Gasteiger partial charge in [0.1, 0.15) is 0 Å². The van der Waals surface area contributed by atoms with Crippen molar-refractivity contribution in [1.82, 2.24) is 9.21 Å². The molecule has 0 bridgehead atoms. The second kappa shape index (κ2) is 6.19. The van der Waals surface area contributed by atoms with E-state index in [2.05, 4.69) is 4.74 Å². The molecule has 10 heteroatoms. The van der Waals surface area contributed by atoms with E-state index in [1.165, 1.54) is 35.7 Å². The summed E-state index contributed by atoms with van der Waals surface area (Å²) in [5.41, 5.74) is 0.253. The highest BCUT2D eigenvalue weighted by atomic mass is 32.2. The van der Waals surface area contributed by atoms with Crippen LogP contribution in [-0.4, -0.2) is 66.7 Å². The first kappa shape index (κ1) is 16.9. The van der Waals surface area contributed by atoms with E-state index < -0.39 is 22.0 Å². The molecular formula is C14H14N2O6S2. The summed E-state index contributed by atoms with van der Waals surface area (Å²) in [4.78, 5) is 35.8. The predicted octanol–water partition coefficient (Wildman–Crippen LogP) is 0.542. The van der Waals surface area contributed by atoms with Crippen molar-refractivity contribution in [2.24, 2.45) is 0 Å². The van der Waals surface area contributed by atoms with Crippen LogP contribution in [0.5, 0.6) is 0 Å². The molecule has 2 aliphatic heterocycles. The zero-order chi connectivity index (χ0) is 17.5. The van der Waals surface area contributed by atoms with Gasteiger partial charge in [0, 0.05) is 13.1 Å². The number of methoxy groups -OCH3 is 1. The van der Waals surface area contributed by atoms with Crippen molar-refractivity contribution in [1.29, 1.82) is 0 Å². The molecule has 8 nitrogen and oxygen atoms in total. The summed E-state index contributed by atoms with van der Waals surface area (Å²) in [5, 5.41) is -0.329. The van der Waals surface area contributed by atoms with E-state index in [-0.39, 0.29) is 40.4 Å². The van der Waals surface area contributed by atoms with Gasteiger partial charge in [-0.15, -0.1) is 0 Å². The molecule has 2 saturated heterocycles. The Hall–Kier alpha value is -1.91. The van der Waals surface area contributed by atoms with Crippen molar-refractivity contribution in [2.45, 2.75) is 10.9 Å². The molecule has 24 heavy (non-hydrogen) atoms. The van der Waals surface area contributed by atoms with Crippen LogP contribution in [0.2, 0.25) is 0 Å². The predicted molar refractivity (Wildman–Crippen MR) is 85.0 cm³/mol. The average Bonchev–Trinajstić information content (AvgIpc) is 2.85. The zero-order valence-electron chi connectivity index (χ0n) is 12.7. The minimum absolute atomic E-state index is 0.0436. The molecule has 0 N–H and O–H groups in total. The molecule has 0 spiro atoms. The zero-order valence-corrected chi connectivity index (χ0v) is 14.3. The van der Waals surface area contributed by atoms with Crippen LogP contribution in [0, 0.1) is 0 Å². The first-order chi connectivity index (χ1) is 11.3. The number of rotatable bonds is 4. The summed E-state index contributed by atoms with van der Waals surface area (Å²) < 4.78 is 30.8. The van der Waals surface area contributed by atoms with Gasteiger partial charge in [-0.25, -0.2) is 13.2 Å². The topological polar surface area (TPSA) is 101 Å². The Morgan fingerprint density at radius 2 is 1.83 bits per heavy atom. The molecule has 0 saturated carbocycles. The molecule has 128 valence electrons. The molecule has 0 aromatic heterocycles. The molecule has 1 aromatic carbocycles. The molecule has 0 aliphatic carbocycles. The van der Waals surface area contributed by atoms with E-state index in [0.717, 1.165) is 16.7 Å². The minimum Gasteiger partial charge on any atom is -0.465 e. The van der Waals surface area contributed by atoms with Crippen LogP contribution < -0.4 is 0 Å². The fourth-order valence-electron chi connectivity index (χ4n) is 2.52. The molecule has 0 radical (unpaired) electrons. The number of ether oxygens (including phenoxy) is 1. The van der Waals surface area contributed by atoms with Gasteiger partial charge in [-0.1, -0.05) is 11.8 Å². The van der Waals surface area contributed by atoms with Crippen LogP contribution in [0.15, 0.2) is 29.2 Å². The first-order valence-electron chi connectivity index (χ1n) is 7.02. The number of hydrogen-bond donors (Lipinski definition) is 0. The van der Waals surface area contributed by atoms with E-state index in [1.807, 2.05) is 0 Å². The van der Waals surface area contributed by atoms with Crippen molar-refractivity contribution >= 4 is 38.9 Å². The number of nitrogens with zero attached hydrogens (tertiary/aromatic N) is 2. The average molecular weight is 370 g/mol. The van der Waals surface area contributed by atoms with Crippen molar-refractivity contribution in [3.63, 3.8) is 0 Å². The fourth-order valence-corrected chi connectivity index (χ4v) is 4.81. The molecule has 2 heterocycles. The van der Waals surface area contributed by atoms with E-state index in [1.54, 1.807) is 0 Å². The Morgan fingerprint density at radius 3 is 2.33 bits per heavy atom. The van der Waals surface area contributed by atoms with Gasteiger partial charge in [-0.3, -0.25) is 14.5 Å². The Labute approximate surface area is 142 Å². The normalized spacial score (nSPS) is 19.5. The van der Waals surface area contributed by atoms with Crippen LogP contribution >= 0.6 is 11.8 Å². The number of hydrogen-bond acceptors (Lipinski definition) is 7. The number of esters is 1. The third kappa shape index (κ3) is 2.80.